The van der Waals surface area contributed by atoms with E-state index < -0.39 is 0 Å². The third kappa shape index (κ3) is 4.71. The lowest BCUT2D eigenvalue weighted by Crippen LogP contribution is -2.22. The molecule has 0 atom stereocenters. The standard InChI is InChI=1S/C16H23N3S/c1-3-19(4-2)11-15-7-5-14(6-8-15)9-17-10-16-12-20-13-18-16/h5-8,12-13,17H,3-4,9-11H2,1-2H3. The highest BCUT2D eigenvalue weighted by molar-refractivity contribution is 7.07. The van der Waals surface area contributed by atoms with Gasteiger partial charge in [-0.15, -0.1) is 11.3 Å². The fourth-order valence-electron chi connectivity index (χ4n) is 2.13. The molecule has 0 spiro atoms. The van der Waals surface area contributed by atoms with Gasteiger partial charge in [-0.1, -0.05) is 38.1 Å². The Kier molecular flexibility index (Phi) is 6.18. The van der Waals surface area contributed by atoms with E-state index in [2.05, 4.69) is 58.7 Å². The molecule has 0 aliphatic carbocycles. The van der Waals surface area contributed by atoms with Crippen LogP contribution in [0.15, 0.2) is 35.2 Å². The van der Waals surface area contributed by atoms with Gasteiger partial charge in [0.2, 0.25) is 0 Å². The third-order valence-electron chi connectivity index (χ3n) is 3.44. The summed E-state index contributed by atoms with van der Waals surface area (Å²) >= 11 is 1.64. The molecule has 2 aromatic rings. The first-order valence-corrected chi connectivity index (χ1v) is 8.14. The maximum atomic E-state index is 4.26. The van der Waals surface area contributed by atoms with Gasteiger partial charge >= 0.3 is 0 Å². The van der Waals surface area contributed by atoms with Crippen LogP contribution in [0.25, 0.3) is 0 Å². The second-order valence-corrected chi connectivity index (χ2v) is 5.58. The van der Waals surface area contributed by atoms with Crippen molar-refractivity contribution in [1.29, 1.82) is 0 Å². The molecule has 1 aromatic heterocycles. The van der Waals surface area contributed by atoms with Crippen molar-refractivity contribution in [2.24, 2.45) is 0 Å². The van der Waals surface area contributed by atoms with E-state index in [1.54, 1.807) is 11.3 Å². The topological polar surface area (TPSA) is 28.2 Å². The molecule has 108 valence electrons. The lowest BCUT2D eigenvalue weighted by molar-refractivity contribution is 0.296. The van der Waals surface area contributed by atoms with E-state index in [1.807, 2.05) is 5.51 Å². The molecular formula is C16H23N3S. The summed E-state index contributed by atoms with van der Waals surface area (Å²) in [6.07, 6.45) is 0. The zero-order valence-corrected chi connectivity index (χ0v) is 13.1. The largest absolute Gasteiger partial charge is 0.307 e. The number of nitrogens with one attached hydrogen (secondary N) is 1. The molecule has 0 aliphatic rings. The Balaban J connectivity index is 1.79. The smallest absolute Gasteiger partial charge is 0.0795 e. The minimum atomic E-state index is 0.838. The molecule has 1 heterocycles. The average Bonchev–Trinajstić information content (AvgIpc) is 2.99. The van der Waals surface area contributed by atoms with Gasteiger partial charge in [0.1, 0.15) is 0 Å². The molecule has 0 fully saturated rings. The SMILES string of the molecule is CCN(CC)Cc1ccc(CNCc2cscn2)cc1. The highest BCUT2D eigenvalue weighted by Crippen LogP contribution is 2.08. The normalized spacial score (nSPS) is 11.2. The Morgan fingerprint density at radius 3 is 2.35 bits per heavy atom. The van der Waals surface area contributed by atoms with Gasteiger partial charge < -0.3 is 5.32 Å². The van der Waals surface area contributed by atoms with Crippen molar-refractivity contribution in [2.75, 3.05) is 13.1 Å². The maximum absolute atomic E-state index is 4.26. The highest BCUT2D eigenvalue weighted by Gasteiger charge is 2.01. The first-order valence-electron chi connectivity index (χ1n) is 7.19. The first kappa shape index (κ1) is 15.2. The van der Waals surface area contributed by atoms with Gasteiger partial charge in [-0.25, -0.2) is 4.98 Å². The van der Waals surface area contributed by atoms with Crippen molar-refractivity contribution in [3.63, 3.8) is 0 Å². The molecule has 0 aliphatic heterocycles. The molecule has 1 N–H and O–H groups in total. The highest BCUT2D eigenvalue weighted by atomic mass is 32.1. The van der Waals surface area contributed by atoms with Crippen molar-refractivity contribution in [3.8, 4) is 0 Å². The zero-order valence-electron chi connectivity index (χ0n) is 12.3. The van der Waals surface area contributed by atoms with E-state index in [0.29, 0.717) is 0 Å². The minimum Gasteiger partial charge on any atom is -0.307 e. The van der Waals surface area contributed by atoms with Crippen LogP contribution in [0.1, 0.15) is 30.7 Å². The molecule has 0 radical (unpaired) electrons. The fourth-order valence-corrected chi connectivity index (χ4v) is 2.69. The second-order valence-electron chi connectivity index (χ2n) is 4.86. The molecular weight excluding hydrogens is 266 g/mol. The maximum Gasteiger partial charge on any atom is 0.0795 e. The van der Waals surface area contributed by atoms with Gasteiger partial charge in [-0.3, -0.25) is 4.90 Å². The van der Waals surface area contributed by atoms with Crippen molar-refractivity contribution < 1.29 is 0 Å². The van der Waals surface area contributed by atoms with Gasteiger partial charge in [-0.2, -0.15) is 0 Å². The van der Waals surface area contributed by atoms with Crippen LogP contribution in [0.3, 0.4) is 0 Å². The summed E-state index contributed by atoms with van der Waals surface area (Å²) in [4.78, 5) is 6.69. The lowest BCUT2D eigenvalue weighted by atomic mass is 10.1. The second kappa shape index (κ2) is 8.15. The summed E-state index contributed by atoms with van der Waals surface area (Å²) in [6, 6.07) is 8.90. The molecule has 0 saturated carbocycles. The van der Waals surface area contributed by atoms with Gasteiger partial charge in [-0.05, 0) is 24.2 Å². The van der Waals surface area contributed by atoms with E-state index in [1.165, 1.54) is 11.1 Å². The number of rotatable bonds is 8. The van der Waals surface area contributed by atoms with Crippen LogP contribution in [0.4, 0.5) is 0 Å². The molecule has 20 heavy (non-hydrogen) atoms. The van der Waals surface area contributed by atoms with Gasteiger partial charge in [0.15, 0.2) is 0 Å². The molecule has 4 heteroatoms. The van der Waals surface area contributed by atoms with E-state index in [4.69, 9.17) is 0 Å². The van der Waals surface area contributed by atoms with E-state index in [-0.39, 0.29) is 0 Å². The summed E-state index contributed by atoms with van der Waals surface area (Å²) in [5.41, 5.74) is 5.70. The Labute approximate surface area is 125 Å². The van der Waals surface area contributed by atoms with Crippen LogP contribution in [-0.4, -0.2) is 23.0 Å². The Morgan fingerprint density at radius 1 is 1.05 bits per heavy atom. The predicted molar refractivity (Wildman–Crippen MR) is 85.7 cm³/mol. The van der Waals surface area contributed by atoms with Gasteiger partial charge in [0.05, 0.1) is 11.2 Å². The predicted octanol–water partition coefficient (Wildman–Crippen LogP) is 3.27. The Morgan fingerprint density at radius 2 is 1.75 bits per heavy atom. The van der Waals surface area contributed by atoms with E-state index in [0.717, 1.165) is 38.4 Å². The molecule has 1 aromatic carbocycles. The number of hydrogen-bond acceptors (Lipinski definition) is 4. The fraction of sp³-hybridized carbons (Fsp3) is 0.438. The molecule has 2 rings (SSSR count). The summed E-state index contributed by atoms with van der Waals surface area (Å²) < 4.78 is 0. The average molecular weight is 289 g/mol. The number of benzene rings is 1. The lowest BCUT2D eigenvalue weighted by Gasteiger charge is -2.18. The summed E-state index contributed by atoms with van der Waals surface area (Å²) in [7, 11) is 0. The molecule has 0 unspecified atom stereocenters. The number of nitrogens with zero attached hydrogens (tertiary/aromatic N) is 2. The Hall–Kier alpha value is -1.23. The summed E-state index contributed by atoms with van der Waals surface area (Å²) in [5, 5.41) is 5.50. The van der Waals surface area contributed by atoms with Gasteiger partial charge in [0, 0.05) is 25.0 Å². The van der Waals surface area contributed by atoms with E-state index in [9.17, 15) is 0 Å². The van der Waals surface area contributed by atoms with Crippen molar-refractivity contribution in [3.05, 3.63) is 52.0 Å². The molecule has 3 nitrogen and oxygen atoms in total. The zero-order chi connectivity index (χ0) is 14.2. The van der Waals surface area contributed by atoms with Crippen molar-refractivity contribution in [1.82, 2.24) is 15.2 Å². The monoisotopic (exact) mass is 289 g/mol. The molecule has 0 amide bonds. The van der Waals surface area contributed by atoms with Crippen LogP contribution in [0.5, 0.6) is 0 Å². The van der Waals surface area contributed by atoms with Crippen LogP contribution in [-0.2, 0) is 19.6 Å². The van der Waals surface area contributed by atoms with Crippen molar-refractivity contribution >= 4 is 11.3 Å². The van der Waals surface area contributed by atoms with Crippen LogP contribution in [0.2, 0.25) is 0 Å². The van der Waals surface area contributed by atoms with Crippen molar-refractivity contribution in [2.45, 2.75) is 33.5 Å². The Bertz CT molecular complexity index is 475. The summed E-state index contributed by atoms with van der Waals surface area (Å²) in [6.45, 7) is 9.40. The quantitative estimate of drug-likeness (QED) is 0.808. The first-order chi connectivity index (χ1) is 9.81. The molecule has 0 bridgehead atoms. The number of aromatic nitrogens is 1. The molecule has 0 saturated heterocycles. The van der Waals surface area contributed by atoms with Crippen LogP contribution in [0, 0.1) is 0 Å². The van der Waals surface area contributed by atoms with Crippen LogP contribution >= 0.6 is 11.3 Å². The number of thiazole rings is 1. The van der Waals surface area contributed by atoms with Gasteiger partial charge in [0.25, 0.3) is 0 Å². The van der Waals surface area contributed by atoms with E-state index >= 15 is 0 Å². The summed E-state index contributed by atoms with van der Waals surface area (Å²) in [5.74, 6) is 0. The third-order valence-corrected chi connectivity index (χ3v) is 4.08. The number of hydrogen-bond donors (Lipinski definition) is 1. The van der Waals surface area contributed by atoms with Crippen LogP contribution < -0.4 is 5.32 Å². The minimum absolute atomic E-state index is 0.838.